The van der Waals surface area contributed by atoms with Crippen LogP contribution in [0.2, 0.25) is 0 Å². The van der Waals surface area contributed by atoms with E-state index in [4.69, 9.17) is 13.7 Å². The average molecular weight is 319 g/mol. The number of hydrogen-bond donors (Lipinski definition) is 0. The van der Waals surface area contributed by atoms with Crippen molar-refractivity contribution in [1.82, 2.24) is 0 Å². The van der Waals surface area contributed by atoms with Crippen LogP contribution in [0.3, 0.4) is 0 Å². The SMILES string of the molecule is CC1(C)O[14CH2][C@@H](COS(=O)(=O)c2cccc([N+](=O)[O-])c2)O1. The summed E-state index contributed by atoms with van der Waals surface area (Å²) in [6.07, 6.45) is -0.506. The molecule has 9 heteroatoms. The Morgan fingerprint density at radius 3 is 2.76 bits per heavy atom. The van der Waals surface area contributed by atoms with Crippen molar-refractivity contribution in [2.75, 3.05) is 13.2 Å². The first-order valence-electron chi connectivity index (χ1n) is 6.15. The van der Waals surface area contributed by atoms with Crippen molar-refractivity contribution in [2.24, 2.45) is 0 Å². The predicted octanol–water partition coefficient (Wildman–Crippen LogP) is 1.45. The van der Waals surface area contributed by atoms with Gasteiger partial charge in [-0.25, -0.2) is 0 Å². The summed E-state index contributed by atoms with van der Waals surface area (Å²) in [4.78, 5) is 9.71. The maximum absolute atomic E-state index is 12.0. The number of benzene rings is 1. The van der Waals surface area contributed by atoms with Crippen molar-refractivity contribution >= 4 is 15.8 Å². The molecule has 1 aromatic carbocycles. The third kappa shape index (κ3) is 3.97. The molecule has 8 nitrogen and oxygen atoms in total. The molecule has 1 atom stereocenters. The van der Waals surface area contributed by atoms with Crippen molar-refractivity contribution in [3.8, 4) is 0 Å². The van der Waals surface area contributed by atoms with Crippen molar-refractivity contribution in [2.45, 2.75) is 30.6 Å². The van der Waals surface area contributed by atoms with Crippen LogP contribution in [0.4, 0.5) is 5.69 Å². The molecule has 0 radical (unpaired) electrons. The minimum atomic E-state index is -4.08. The molecule has 0 N–H and O–H groups in total. The lowest BCUT2D eigenvalue weighted by Crippen LogP contribution is -2.25. The topological polar surface area (TPSA) is 105 Å². The highest BCUT2D eigenvalue weighted by atomic mass is 32.2. The lowest BCUT2D eigenvalue weighted by molar-refractivity contribution is -0.385. The molecule has 0 amide bonds. The van der Waals surface area contributed by atoms with Gasteiger partial charge in [0.25, 0.3) is 15.8 Å². The summed E-state index contributed by atoms with van der Waals surface area (Å²) in [6.45, 7) is 3.43. The molecule has 1 aliphatic heterocycles. The van der Waals surface area contributed by atoms with Gasteiger partial charge in [0.1, 0.15) is 11.0 Å². The quantitative estimate of drug-likeness (QED) is 0.459. The van der Waals surface area contributed by atoms with Crippen LogP contribution in [0.1, 0.15) is 13.8 Å². The van der Waals surface area contributed by atoms with E-state index < -0.39 is 26.9 Å². The van der Waals surface area contributed by atoms with Crippen molar-refractivity contribution in [1.29, 1.82) is 0 Å². The molecule has 0 aromatic heterocycles. The van der Waals surface area contributed by atoms with E-state index in [-0.39, 0.29) is 23.8 Å². The third-order valence-electron chi connectivity index (χ3n) is 2.79. The molecule has 116 valence electrons. The molecule has 1 fully saturated rings. The van der Waals surface area contributed by atoms with Crippen LogP contribution in [0, 0.1) is 10.1 Å². The van der Waals surface area contributed by atoms with Gasteiger partial charge < -0.3 is 9.47 Å². The van der Waals surface area contributed by atoms with Gasteiger partial charge in [0, 0.05) is 12.1 Å². The number of nitro groups is 1. The molecular weight excluding hydrogens is 304 g/mol. The minimum absolute atomic E-state index is 0.214. The predicted molar refractivity (Wildman–Crippen MR) is 71.1 cm³/mol. The fourth-order valence-electron chi connectivity index (χ4n) is 1.83. The van der Waals surface area contributed by atoms with Gasteiger partial charge in [-0.1, -0.05) is 6.07 Å². The zero-order valence-corrected chi connectivity index (χ0v) is 12.3. The summed E-state index contributed by atoms with van der Waals surface area (Å²) in [5.41, 5.74) is -0.318. The van der Waals surface area contributed by atoms with Crippen LogP contribution >= 0.6 is 0 Å². The Morgan fingerprint density at radius 2 is 2.19 bits per heavy atom. The smallest absolute Gasteiger partial charge is 0.297 e. The van der Waals surface area contributed by atoms with Gasteiger partial charge in [-0.15, -0.1) is 0 Å². The Hall–Kier alpha value is -1.55. The van der Waals surface area contributed by atoms with E-state index in [1.807, 2.05) is 0 Å². The van der Waals surface area contributed by atoms with Gasteiger partial charge in [0.05, 0.1) is 18.1 Å². The number of non-ortho nitro benzene ring substituents is 1. The Balaban J connectivity index is 2.05. The number of ether oxygens (including phenoxy) is 2. The fourth-order valence-corrected chi connectivity index (χ4v) is 2.81. The number of nitro benzene ring substituents is 1. The first-order valence-corrected chi connectivity index (χ1v) is 7.56. The molecule has 0 saturated carbocycles. The van der Waals surface area contributed by atoms with E-state index in [0.29, 0.717) is 0 Å². The van der Waals surface area contributed by atoms with Crippen molar-refractivity contribution in [3.05, 3.63) is 34.4 Å². The molecule has 21 heavy (non-hydrogen) atoms. The summed E-state index contributed by atoms with van der Waals surface area (Å²) >= 11 is 0. The Labute approximate surface area is 121 Å². The molecule has 0 spiro atoms. The van der Waals surface area contributed by atoms with Gasteiger partial charge >= 0.3 is 0 Å². The molecule has 1 saturated heterocycles. The average Bonchev–Trinajstić information content (AvgIpc) is 2.76. The summed E-state index contributed by atoms with van der Waals surface area (Å²) in [7, 11) is -4.08. The molecule has 1 aromatic rings. The van der Waals surface area contributed by atoms with Crippen LogP contribution in [-0.4, -0.2) is 38.4 Å². The molecule has 0 unspecified atom stereocenters. The summed E-state index contributed by atoms with van der Waals surface area (Å²) in [5, 5.41) is 10.7. The number of hydrogen-bond acceptors (Lipinski definition) is 7. The van der Waals surface area contributed by atoms with Crippen molar-refractivity contribution in [3.63, 3.8) is 0 Å². The van der Waals surface area contributed by atoms with Gasteiger partial charge in [0.15, 0.2) is 5.79 Å². The second-order valence-electron chi connectivity index (χ2n) is 4.94. The highest BCUT2D eigenvalue weighted by Crippen LogP contribution is 2.24. The van der Waals surface area contributed by atoms with Crippen LogP contribution in [0.5, 0.6) is 0 Å². The molecular formula is C12H15NO7S. The van der Waals surface area contributed by atoms with Crippen LogP contribution in [0.15, 0.2) is 29.2 Å². The zero-order valence-electron chi connectivity index (χ0n) is 11.5. The normalized spacial score (nSPS) is 21.3. The standard InChI is InChI=1S/C12H15NO7S/c1-12(2)18-7-10(20-12)8-19-21(16,17)11-5-3-4-9(6-11)13(14)15/h3-6,10H,7-8H2,1-2H3/t10-/m0/s1/i7+2. The van der Waals surface area contributed by atoms with Gasteiger partial charge in [-0.05, 0) is 19.9 Å². The molecule has 2 rings (SSSR count). The lowest BCUT2D eigenvalue weighted by atomic mass is 10.3. The first-order chi connectivity index (χ1) is 9.70. The van der Waals surface area contributed by atoms with Crippen LogP contribution < -0.4 is 0 Å². The lowest BCUT2D eigenvalue weighted by Gasteiger charge is -2.16. The Bertz CT molecular complexity index is 641. The summed E-state index contributed by atoms with van der Waals surface area (Å²) < 4.78 is 39.6. The van der Waals surface area contributed by atoms with Gasteiger partial charge in [0.2, 0.25) is 0 Å². The second-order valence-corrected chi connectivity index (χ2v) is 6.56. The van der Waals surface area contributed by atoms with Crippen LogP contribution in [-0.2, 0) is 23.8 Å². The summed E-state index contributed by atoms with van der Waals surface area (Å²) in [5.74, 6) is -0.774. The fraction of sp³-hybridized carbons (Fsp3) is 0.500. The molecule has 1 heterocycles. The largest absolute Gasteiger partial charge is 0.348 e. The van der Waals surface area contributed by atoms with Gasteiger partial charge in [-0.2, -0.15) is 8.42 Å². The maximum Gasteiger partial charge on any atom is 0.297 e. The zero-order chi connectivity index (χ0) is 15.7. The van der Waals surface area contributed by atoms with E-state index in [1.54, 1.807) is 13.8 Å². The van der Waals surface area contributed by atoms with Crippen LogP contribution in [0.25, 0.3) is 0 Å². The Morgan fingerprint density at radius 1 is 1.48 bits per heavy atom. The van der Waals surface area contributed by atoms with E-state index in [0.717, 1.165) is 6.07 Å². The number of rotatable bonds is 5. The minimum Gasteiger partial charge on any atom is -0.348 e. The first kappa shape index (κ1) is 15.8. The highest BCUT2D eigenvalue weighted by molar-refractivity contribution is 7.86. The highest BCUT2D eigenvalue weighted by Gasteiger charge is 2.34. The molecule has 0 aliphatic carbocycles. The molecule has 0 bridgehead atoms. The number of nitrogens with zero attached hydrogens (tertiary/aromatic N) is 1. The van der Waals surface area contributed by atoms with E-state index in [1.165, 1.54) is 18.2 Å². The van der Waals surface area contributed by atoms with E-state index in [2.05, 4.69) is 0 Å². The monoisotopic (exact) mass is 319 g/mol. The van der Waals surface area contributed by atoms with E-state index >= 15 is 0 Å². The van der Waals surface area contributed by atoms with E-state index in [9.17, 15) is 18.5 Å². The third-order valence-corrected chi connectivity index (χ3v) is 4.07. The maximum atomic E-state index is 12.0. The van der Waals surface area contributed by atoms with Crippen molar-refractivity contribution < 1.29 is 27.0 Å². The second kappa shape index (κ2) is 5.68. The van der Waals surface area contributed by atoms with Gasteiger partial charge in [-0.3, -0.25) is 14.3 Å². The Kier molecular flexibility index (Phi) is 4.28. The summed E-state index contributed by atoms with van der Waals surface area (Å²) in [6, 6.07) is 4.67. The molecule has 1 aliphatic rings.